The number of hydrogen-bond acceptors (Lipinski definition) is 7. The maximum Gasteiger partial charge on any atom is 0.326 e. The highest BCUT2D eigenvalue weighted by Gasteiger charge is 2.40. The molecule has 202 valence electrons. The van der Waals surface area contributed by atoms with Crippen LogP contribution in [0, 0.1) is 0 Å². The molecule has 0 saturated carbocycles. The van der Waals surface area contributed by atoms with E-state index in [1.807, 2.05) is 51.1 Å². The molecule has 0 radical (unpaired) electrons. The van der Waals surface area contributed by atoms with Crippen molar-refractivity contribution in [3.63, 3.8) is 0 Å². The van der Waals surface area contributed by atoms with Crippen molar-refractivity contribution in [3.05, 3.63) is 64.7 Å². The Balaban J connectivity index is 1.35. The fourth-order valence-corrected chi connectivity index (χ4v) is 4.41. The number of carbonyl (C=O) groups is 4. The Morgan fingerprint density at radius 1 is 1.03 bits per heavy atom. The molecular weight excluding hydrogens is 486 g/mol. The summed E-state index contributed by atoms with van der Waals surface area (Å²) in [5.41, 5.74) is 1.84. The van der Waals surface area contributed by atoms with Crippen LogP contribution < -0.4 is 15.4 Å². The minimum atomic E-state index is -0.831. The third-order valence-electron chi connectivity index (χ3n) is 6.60. The van der Waals surface area contributed by atoms with Crippen LogP contribution in [-0.2, 0) is 38.8 Å². The zero-order valence-electron chi connectivity index (χ0n) is 22.6. The zero-order valence-corrected chi connectivity index (χ0v) is 22.6. The smallest absolute Gasteiger partial charge is 0.326 e. The van der Waals surface area contributed by atoms with Crippen molar-refractivity contribution in [2.45, 2.75) is 84.3 Å². The number of amides is 3. The summed E-state index contributed by atoms with van der Waals surface area (Å²) >= 11 is 0. The topological polar surface area (TPSA) is 114 Å². The van der Waals surface area contributed by atoms with Crippen molar-refractivity contribution in [2.75, 3.05) is 0 Å². The van der Waals surface area contributed by atoms with Crippen LogP contribution >= 0.6 is 0 Å². The van der Waals surface area contributed by atoms with Crippen molar-refractivity contribution in [2.24, 2.45) is 0 Å². The van der Waals surface area contributed by atoms with Crippen molar-refractivity contribution in [3.8, 4) is 5.75 Å². The summed E-state index contributed by atoms with van der Waals surface area (Å²) in [5, 5.41) is 5.57. The van der Waals surface area contributed by atoms with E-state index in [0.717, 1.165) is 16.7 Å². The van der Waals surface area contributed by atoms with Gasteiger partial charge in [-0.1, -0.05) is 30.3 Å². The summed E-state index contributed by atoms with van der Waals surface area (Å²) in [6.45, 7) is 10.2. The van der Waals surface area contributed by atoms with Crippen LogP contribution in [0.15, 0.2) is 42.5 Å². The molecule has 9 heteroatoms. The first kappa shape index (κ1) is 27.3. The molecule has 2 aromatic rings. The maximum atomic E-state index is 13.0. The molecule has 0 spiro atoms. The van der Waals surface area contributed by atoms with Crippen LogP contribution in [0.4, 0.5) is 0 Å². The van der Waals surface area contributed by atoms with E-state index >= 15 is 0 Å². The summed E-state index contributed by atoms with van der Waals surface area (Å²) in [7, 11) is 0. The van der Waals surface area contributed by atoms with Gasteiger partial charge in [0.05, 0.1) is 6.54 Å². The number of carbonyl (C=O) groups excluding carboxylic acids is 4. The molecule has 1 saturated heterocycles. The monoisotopic (exact) mass is 521 g/mol. The Labute approximate surface area is 222 Å². The van der Waals surface area contributed by atoms with Crippen LogP contribution in [0.5, 0.6) is 5.75 Å². The van der Waals surface area contributed by atoms with Gasteiger partial charge < -0.3 is 14.4 Å². The number of hydrogen-bond donors (Lipinski definition) is 2. The molecule has 0 aliphatic carbocycles. The number of fused-ring (bicyclic) bond motifs is 1. The molecule has 38 heavy (non-hydrogen) atoms. The van der Waals surface area contributed by atoms with Crippen LogP contribution in [0.3, 0.4) is 0 Å². The fourth-order valence-electron chi connectivity index (χ4n) is 4.41. The standard InChI is InChI=1S/C29H35N3O6/c1-28(2,3)38-27(36)29(4,5)30-15-18-9-11-19(12-10-18)17-37-23-8-6-7-20-21(23)16-32(26(20)35)22-13-14-24(33)31-25(22)34/h6-12,22,30H,13-17H2,1-5H3,(H,31,33,34). The molecule has 2 N–H and O–H groups in total. The highest BCUT2D eigenvalue weighted by atomic mass is 16.6. The lowest BCUT2D eigenvalue weighted by Gasteiger charge is -2.29. The Kier molecular flexibility index (Phi) is 7.60. The van der Waals surface area contributed by atoms with E-state index < -0.39 is 23.1 Å². The van der Waals surface area contributed by atoms with Crippen LogP contribution in [-0.4, -0.2) is 45.8 Å². The van der Waals surface area contributed by atoms with Gasteiger partial charge in [-0.2, -0.15) is 0 Å². The molecule has 3 amide bonds. The van der Waals surface area contributed by atoms with Crippen LogP contribution in [0.2, 0.25) is 0 Å². The van der Waals surface area contributed by atoms with Gasteiger partial charge in [0, 0.05) is 24.1 Å². The predicted molar refractivity (Wildman–Crippen MR) is 140 cm³/mol. The SMILES string of the molecule is CC(C)(C)OC(=O)C(C)(C)NCc1ccc(COc2cccc3c2CN(C2CCC(=O)NC2=O)C3=O)cc1. The third-order valence-corrected chi connectivity index (χ3v) is 6.60. The average molecular weight is 522 g/mol. The van der Waals surface area contributed by atoms with Gasteiger partial charge in [-0.05, 0) is 64.3 Å². The van der Waals surface area contributed by atoms with E-state index in [0.29, 0.717) is 30.9 Å². The lowest BCUT2D eigenvalue weighted by Crippen LogP contribution is -2.52. The van der Waals surface area contributed by atoms with Gasteiger partial charge in [-0.25, -0.2) is 0 Å². The van der Waals surface area contributed by atoms with Crippen molar-refractivity contribution in [1.29, 1.82) is 0 Å². The normalized spacial score (nSPS) is 17.8. The zero-order chi connectivity index (χ0) is 27.7. The maximum absolute atomic E-state index is 13.0. The van der Waals surface area contributed by atoms with E-state index in [4.69, 9.17) is 9.47 Å². The summed E-state index contributed by atoms with van der Waals surface area (Å²) in [4.78, 5) is 50.8. The van der Waals surface area contributed by atoms with Gasteiger partial charge in [0.2, 0.25) is 11.8 Å². The van der Waals surface area contributed by atoms with Gasteiger partial charge in [-0.15, -0.1) is 0 Å². The third kappa shape index (κ3) is 6.22. The summed E-state index contributed by atoms with van der Waals surface area (Å²) in [5.74, 6) is -0.691. The second kappa shape index (κ2) is 10.6. The Morgan fingerprint density at radius 2 is 1.71 bits per heavy atom. The summed E-state index contributed by atoms with van der Waals surface area (Å²) in [6.07, 6.45) is 0.528. The minimum absolute atomic E-state index is 0.212. The minimum Gasteiger partial charge on any atom is -0.489 e. The molecular formula is C29H35N3O6. The number of esters is 1. The second-order valence-electron chi connectivity index (χ2n) is 11.3. The molecule has 2 aliphatic heterocycles. The first-order valence-corrected chi connectivity index (χ1v) is 12.8. The van der Waals surface area contributed by atoms with E-state index in [1.54, 1.807) is 26.0 Å². The molecule has 0 aromatic heterocycles. The van der Waals surface area contributed by atoms with Gasteiger partial charge in [0.1, 0.15) is 29.5 Å². The number of rotatable bonds is 8. The quantitative estimate of drug-likeness (QED) is 0.405. The van der Waals surface area contributed by atoms with Crippen molar-refractivity contribution >= 4 is 23.7 Å². The first-order valence-electron chi connectivity index (χ1n) is 12.8. The Bertz CT molecular complexity index is 1250. The number of benzene rings is 2. The Morgan fingerprint density at radius 3 is 2.37 bits per heavy atom. The van der Waals surface area contributed by atoms with Gasteiger partial charge in [0.15, 0.2) is 0 Å². The summed E-state index contributed by atoms with van der Waals surface area (Å²) in [6, 6.07) is 12.5. The largest absolute Gasteiger partial charge is 0.489 e. The highest BCUT2D eigenvalue weighted by Crippen LogP contribution is 2.34. The van der Waals surface area contributed by atoms with Crippen molar-refractivity contribution < 1.29 is 28.7 Å². The molecule has 1 fully saturated rings. The molecule has 9 nitrogen and oxygen atoms in total. The lowest BCUT2D eigenvalue weighted by molar-refractivity contribution is -0.161. The molecule has 1 unspecified atom stereocenters. The van der Waals surface area contributed by atoms with Gasteiger partial charge in [0.25, 0.3) is 5.91 Å². The van der Waals surface area contributed by atoms with Crippen molar-refractivity contribution in [1.82, 2.24) is 15.5 Å². The van der Waals surface area contributed by atoms with Crippen LogP contribution in [0.1, 0.15) is 74.5 Å². The molecule has 4 rings (SSSR count). The molecule has 0 bridgehead atoms. The molecule has 2 aromatic carbocycles. The fraction of sp³-hybridized carbons (Fsp3) is 0.448. The number of nitrogens with one attached hydrogen (secondary N) is 2. The van der Waals surface area contributed by atoms with E-state index in [9.17, 15) is 19.2 Å². The van der Waals surface area contributed by atoms with Gasteiger partial charge in [-0.3, -0.25) is 29.8 Å². The average Bonchev–Trinajstić information content (AvgIpc) is 3.18. The second-order valence-corrected chi connectivity index (χ2v) is 11.3. The predicted octanol–water partition coefficient (Wildman–Crippen LogP) is 3.24. The molecule has 1 atom stereocenters. The van der Waals surface area contributed by atoms with Crippen LogP contribution in [0.25, 0.3) is 0 Å². The van der Waals surface area contributed by atoms with E-state index in [-0.39, 0.29) is 30.7 Å². The number of piperidine rings is 1. The van der Waals surface area contributed by atoms with Gasteiger partial charge >= 0.3 is 5.97 Å². The number of nitrogens with zero attached hydrogens (tertiary/aromatic N) is 1. The number of ether oxygens (including phenoxy) is 2. The molecule has 2 aliphatic rings. The first-order chi connectivity index (χ1) is 17.8. The van der Waals surface area contributed by atoms with E-state index in [1.165, 1.54) is 4.90 Å². The summed E-state index contributed by atoms with van der Waals surface area (Å²) < 4.78 is 11.6. The number of imide groups is 1. The Hall–Kier alpha value is -3.72. The van der Waals surface area contributed by atoms with E-state index in [2.05, 4.69) is 10.6 Å². The molecule has 2 heterocycles. The highest BCUT2D eigenvalue weighted by molar-refractivity contribution is 6.05. The lowest BCUT2D eigenvalue weighted by atomic mass is 10.0.